The van der Waals surface area contributed by atoms with Crippen molar-refractivity contribution >= 4 is 11.3 Å². The molecule has 1 aromatic carbocycles. The van der Waals surface area contributed by atoms with Gasteiger partial charge in [-0.25, -0.2) is 0 Å². The highest BCUT2D eigenvalue weighted by molar-refractivity contribution is 7.09. The molecule has 1 aliphatic heterocycles. The summed E-state index contributed by atoms with van der Waals surface area (Å²) in [7, 11) is 0. The van der Waals surface area contributed by atoms with Crippen molar-refractivity contribution < 1.29 is 0 Å². The molecule has 0 aliphatic carbocycles. The van der Waals surface area contributed by atoms with Gasteiger partial charge < -0.3 is 5.32 Å². The molecule has 0 bridgehead atoms. The van der Waals surface area contributed by atoms with Crippen LogP contribution in [-0.2, 0) is 13.0 Å². The van der Waals surface area contributed by atoms with Crippen molar-refractivity contribution in [3.05, 3.63) is 58.3 Å². The summed E-state index contributed by atoms with van der Waals surface area (Å²) in [4.78, 5) is 4.18. The molecule has 0 radical (unpaired) electrons. The Morgan fingerprint density at radius 3 is 2.57 bits per heavy atom. The van der Waals surface area contributed by atoms with Gasteiger partial charge in [-0.15, -0.1) is 11.3 Å². The zero-order valence-electron chi connectivity index (χ0n) is 12.5. The van der Waals surface area contributed by atoms with Crippen molar-refractivity contribution in [1.29, 1.82) is 0 Å². The average Bonchev–Trinajstić information content (AvgIpc) is 3.06. The van der Waals surface area contributed by atoms with Gasteiger partial charge in [0.1, 0.15) is 0 Å². The minimum atomic E-state index is 0.733. The van der Waals surface area contributed by atoms with Crippen molar-refractivity contribution in [2.45, 2.75) is 31.8 Å². The Morgan fingerprint density at radius 1 is 1.05 bits per heavy atom. The summed E-state index contributed by atoms with van der Waals surface area (Å²) in [6, 6.07) is 16.0. The van der Waals surface area contributed by atoms with Crippen LogP contribution in [0.15, 0.2) is 47.8 Å². The second-order valence-electron chi connectivity index (χ2n) is 5.77. The van der Waals surface area contributed by atoms with Crippen molar-refractivity contribution in [3.8, 4) is 0 Å². The summed E-state index contributed by atoms with van der Waals surface area (Å²) in [5, 5.41) is 5.67. The lowest BCUT2D eigenvalue weighted by Crippen LogP contribution is -2.43. The van der Waals surface area contributed by atoms with Gasteiger partial charge in [-0.1, -0.05) is 36.4 Å². The minimum absolute atomic E-state index is 0.733. The van der Waals surface area contributed by atoms with E-state index in [4.69, 9.17) is 0 Å². The first kappa shape index (κ1) is 14.8. The van der Waals surface area contributed by atoms with E-state index in [0.29, 0.717) is 0 Å². The Kier molecular flexibility index (Phi) is 5.44. The quantitative estimate of drug-likeness (QED) is 0.878. The van der Waals surface area contributed by atoms with E-state index in [1.54, 1.807) is 0 Å². The van der Waals surface area contributed by atoms with E-state index in [9.17, 15) is 0 Å². The fourth-order valence-electron chi connectivity index (χ4n) is 3.08. The monoisotopic (exact) mass is 300 g/mol. The minimum Gasteiger partial charge on any atom is -0.317 e. The largest absolute Gasteiger partial charge is 0.317 e. The molecule has 0 atom stereocenters. The third kappa shape index (κ3) is 4.40. The zero-order chi connectivity index (χ0) is 14.3. The molecule has 0 amide bonds. The van der Waals surface area contributed by atoms with Crippen LogP contribution in [0.4, 0.5) is 0 Å². The van der Waals surface area contributed by atoms with Crippen LogP contribution in [0.1, 0.15) is 23.3 Å². The molecule has 1 saturated heterocycles. The first-order valence-electron chi connectivity index (χ1n) is 7.93. The Bertz CT molecular complexity index is 503. The third-order valence-corrected chi connectivity index (χ3v) is 5.16. The van der Waals surface area contributed by atoms with Gasteiger partial charge in [0.2, 0.25) is 0 Å². The van der Waals surface area contributed by atoms with Crippen LogP contribution in [0, 0.1) is 0 Å². The van der Waals surface area contributed by atoms with Crippen molar-refractivity contribution in [2.75, 3.05) is 19.6 Å². The second kappa shape index (κ2) is 7.74. The molecule has 1 N–H and O–H groups in total. The number of nitrogens with zero attached hydrogens (tertiary/aromatic N) is 1. The average molecular weight is 300 g/mol. The topological polar surface area (TPSA) is 15.3 Å². The molecule has 1 fully saturated rings. The molecular weight excluding hydrogens is 276 g/mol. The summed E-state index contributed by atoms with van der Waals surface area (Å²) < 4.78 is 0. The van der Waals surface area contributed by atoms with E-state index in [1.807, 2.05) is 11.3 Å². The number of hydrogen-bond donors (Lipinski definition) is 1. The smallest absolute Gasteiger partial charge is 0.0330 e. The summed E-state index contributed by atoms with van der Waals surface area (Å²) in [5.41, 5.74) is 1.45. The predicted octanol–water partition coefficient (Wildman–Crippen LogP) is 3.54. The number of piperidine rings is 1. The third-order valence-electron chi connectivity index (χ3n) is 4.29. The summed E-state index contributed by atoms with van der Waals surface area (Å²) in [6.07, 6.45) is 3.70. The van der Waals surface area contributed by atoms with Gasteiger partial charge in [0.05, 0.1) is 0 Å². The van der Waals surface area contributed by atoms with Crippen LogP contribution in [0.2, 0.25) is 0 Å². The molecule has 3 rings (SSSR count). The second-order valence-corrected chi connectivity index (χ2v) is 6.80. The van der Waals surface area contributed by atoms with Crippen LogP contribution in [0.5, 0.6) is 0 Å². The molecule has 2 aromatic rings. The maximum Gasteiger partial charge on any atom is 0.0330 e. The Labute approximate surface area is 131 Å². The van der Waals surface area contributed by atoms with Gasteiger partial charge in [0.25, 0.3) is 0 Å². The molecule has 0 unspecified atom stereocenters. The standard InChI is InChI=1S/C18H24N2S/c1-2-5-16(6-3-1)10-13-20(15-18-7-4-14-21-18)17-8-11-19-12-9-17/h1-7,14,17,19H,8-13,15H2. The molecule has 1 aromatic heterocycles. The lowest BCUT2D eigenvalue weighted by molar-refractivity contribution is 0.157. The number of hydrogen-bond acceptors (Lipinski definition) is 3. The molecule has 1 aliphatic rings. The lowest BCUT2D eigenvalue weighted by Gasteiger charge is -2.34. The molecule has 2 heterocycles. The molecule has 21 heavy (non-hydrogen) atoms. The van der Waals surface area contributed by atoms with E-state index in [0.717, 1.165) is 38.6 Å². The number of rotatable bonds is 6. The van der Waals surface area contributed by atoms with Crippen LogP contribution in [0.3, 0.4) is 0 Å². The molecule has 3 heteroatoms. The normalized spacial score (nSPS) is 16.4. The molecule has 0 saturated carbocycles. The highest BCUT2D eigenvalue weighted by Crippen LogP contribution is 2.19. The van der Waals surface area contributed by atoms with Gasteiger partial charge in [0, 0.05) is 24.0 Å². The van der Waals surface area contributed by atoms with E-state index in [1.165, 1.54) is 23.3 Å². The van der Waals surface area contributed by atoms with E-state index in [-0.39, 0.29) is 0 Å². The van der Waals surface area contributed by atoms with Gasteiger partial charge in [-0.2, -0.15) is 0 Å². The highest BCUT2D eigenvalue weighted by atomic mass is 32.1. The van der Waals surface area contributed by atoms with Gasteiger partial charge in [0.15, 0.2) is 0 Å². The molecular formula is C18H24N2S. The Morgan fingerprint density at radius 2 is 1.86 bits per heavy atom. The summed E-state index contributed by atoms with van der Waals surface area (Å²) in [6.45, 7) is 4.59. The van der Waals surface area contributed by atoms with Gasteiger partial charge >= 0.3 is 0 Å². The van der Waals surface area contributed by atoms with E-state index in [2.05, 4.69) is 58.1 Å². The molecule has 2 nitrogen and oxygen atoms in total. The number of benzene rings is 1. The Balaban J connectivity index is 1.63. The van der Waals surface area contributed by atoms with Crippen LogP contribution in [0.25, 0.3) is 0 Å². The summed E-state index contributed by atoms with van der Waals surface area (Å²) >= 11 is 1.88. The first-order valence-corrected chi connectivity index (χ1v) is 8.81. The van der Waals surface area contributed by atoms with Gasteiger partial charge in [-0.05, 0) is 49.4 Å². The fourth-order valence-corrected chi connectivity index (χ4v) is 3.81. The maximum atomic E-state index is 3.48. The highest BCUT2D eigenvalue weighted by Gasteiger charge is 2.21. The van der Waals surface area contributed by atoms with Crippen LogP contribution < -0.4 is 5.32 Å². The van der Waals surface area contributed by atoms with E-state index >= 15 is 0 Å². The van der Waals surface area contributed by atoms with E-state index < -0.39 is 0 Å². The molecule has 0 spiro atoms. The van der Waals surface area contributed by atoms with Crippen molar-refractivity contribution in [2.24, 2.45) is 0 Å². The molecule has 112 valence electrons. The fraction of sp³-hybridized carbons (Fsp3) is 0.444. The zero-order valence-corrected chi connectivity index (χ0v) is 13.3. The van der Waals surface area contributed by atoms with Crippen LogP contribution in [-0.4, -0.2) is 30.6 Å². The van der Waals surface area contributed by atoms with Gasteiger partial charge in [-0.3, -0.25) is 4.90 Å². The van der Waals surface area contributed by atoms with Crippen molar-refractivity contribution in [1.82, 2.24) is 10.2 Å². The Hall–Kier alpha value is -1.16. The lowest BCUT2D eigenvalue weighted by atomic mass is 10.0. The maximum absolute atomic E-state index is 3.48. The van der Waals surface area contributed by atoms with Crippen molar-refractivity contribution in [3.63, 3.8) is 0 Å². The number of thiophene rings is 1. The SMILES string of the molecule is c1ccc(CCN(Cc2cccs2)C2CCNCC2)cc1. The summed E-state index contributed by atoms with van der Waals surface area (Å²) in [5.74, 6) is 0. The number of nitrogens with one attached hydrogen (secondary N) is 1. The van der Waals surface area contributed by atoms with Crippen LogP contribution >= 0.6 is 11.3 Å². The first-order chi connectivity index (χ1) is 10.4. The predicted molar refractivity (Wildman–Crippen MR) is 90.8 cm³/mol.